The molecule has 2 saturated heterocycles. The molecule has 1 unspecified atom stereocenters. The number of carbonyl (C=O) groups is 1. The number of piperidine rings is 1. The number of amides is 1. The van der Waals surface area contributed by atoms with Gasteiger partial charge in [-0.15, -0.1) is 24.8 Å². The molecule has 132 valence electrons. The summed E-state index contributed by atoms with van der Waals surface area (Å²) in [6.07, 6.45) is 9.34. The van der Waals surface area contributed by atoms with Gasteiger partial charge in [-0.3, -0.25) is 9.48 Å². The number of hydrogen-bond donors (Lipinski definition) is 1. The van der Waals surface area contributed by atoms with Crippen molar-refractivity contribution in [1.29, 1.82) is 0 Å². The lowest BCUT2D eigenvalue weighted by molar-refractivity contribution is -0.130. The van der Waals surface area contributed by atoms with E-state index in [1.54, 1.807) is 0 Å². The maximum absolute atomic E-state index is 12.4. The second-order valence-corrected chi connectivity index (χ2v) is 6.50. The van der Waals surface area contributed by atoms with Crippen LogP contribution in [0.2, 0.25) is 0 Å². The topological polar surface area (TPSA) is 50.2 Å². The van der Waals surface area contributed by atoms with Gasteiger partial charge >= 0.3 is 0 Å². The van der Waals surface area contributed by atoms with Crippen molar-refractivity contribution in [3.05, 3.63) is 18.0 Å². The molecular weight excluding hydrogens is 335 g/mol. The average Bonchev–Trinajstić information content (AvgIpc) is 3.14. The molecule has 1 atom stereocenters. The van der Waals surface area contributed by atoms with Crippen molar-refractivity contribution in [3.8, 4) is 0 Å². The first kappa shape index (κ1) is 20.3. The summed E-state index contributed by atoms with van der Waals surface area (Å²) in [4.78, 5) is 14.4. The van der Waals surface area contributed by atoms with E-state index in [0.717, 1.165) is 51.4 Å². The Morgan fingerprint density at radius 3 is 2.70 bits per heavy atom. The van der Waals surface area contributed by atoms with Crippen LogP contribution < -0.4 is 5.32 Å². The number of nitrogens with zero attached hydrogens (tertiary/aromatic N) is 3. The van der Waals surface area contributed by atoms with Crippen molar-refractivity contribution in [2.24, 2.45) is 13.0 Å². The molecule has 0 aliphatic carbocycles. The maximum atomic E-state index is 12.4. The second kappa shape index (κ2) is 9.50. The van der Waals surface area contributed by atoms with Gasteiger partial charge in [-0.1, -0.05) is 0 Å². The molecule has 2 fully saturated rings. The van der Waals surface area contributed by atoms with Crippen molar-refractivity contribution >= 4 is 30.7 Å². The smallest absolute Gasteiger partial charge is 0.222 e. The van der Waals surface area contributed by atoms with Crippen LogP contribution >= 0.6 is 24.8 Å². The zero-order chi connectivity index (χ0) is 14.7. The van der Waals surface area contributed by atoms with E-state index in [4.69, 9.17) is 0 Å². The van der Waals surface area contributed by atoms with Crippen LogP contribution in [0.5, 0.6) is 0 Å². The van der Waals surface area contributed by atoms with Crippen molar-refractivity contribution in [1.82, 2.24) is 20.0 Å². The fourth-order valence-corrected chi connectivity index (χ4v) is 3.57. The van der Waals surface area contributed by atoms with E-state index in [0.29, 0.717) is 11.8 Å². The van der Waals surface area contributed by atoms with E-state index in [1.165, 1.54) is 18.4 Å². The highest BCUT2D eigenvalue weighted by Crippen LogP contribution is 2.28. The Bertz CT molecular complexity index is 488. The first-order valence-electron chi connectivity index (χ1n) is 8.19. The lowest BCUT2D eigenvalue weighted by Gasteiger charge is -2.23. The molecule has 3 rings (SSSR count). The predicted molar refractivity (Wildman–Crippen MR) is 96.5 cm³/mol. The molecule has 1 aromatic rings. The summed E-state index contributed by atoms with van der Waals surface area (Å²) in [5.74, 6) is 1.56. The Morgan fingerprint density at radius 1 is 1.30 bits per heavy atom. The minimum atomic E-state index is 0. The Balaban J connectivity index is 0.00000132. The Labute approximate surface area is 151 Å². The summed E-state index contributed by atoms with van der Waals surface area (Å²) in [6, 6.07) is 0. The van der Waals surface area contributed by atoms with Crippen molar-refractivity contribution in [2.45, 2.75) is 38.0 Å². The molecule has 3 heterocycles. The van der Waals surface area contributed by atoms with Gasteiger partial charge in [0.2, 0.25) is 5.91 Å². The SMILES string of the molecule is Cl.Cl.Cn1cc(C2CCN(C(=O)CCC3CCNCC3)C2)cn1. The van der Waals surface area contributed by atoms with Gasteiger partial charge in [0.05, 0.1) is 6.20 Å². The highest BCUT2D eigenvalue weighted by atomic mass is 35.5. The lowest BCUT2D eigenvalue weighted by Crippen LogP contribution is -2.31. The first-order valence-corrected chi connectivity index (χ1v) is 8.19. The third-order valence-electron chi connectivity index (χ3n) is 4.96. The molecule has 0 saturated carbocycles. The summed E-state index contributed by atoms with van der Waals surface area (Å²) in [6.45, 7) is 4.01. The van der Waals surface area contributed by atoms with Gasteiger partial charge in [0.25, 0.3) is 0 Å². The van der Waals surface area contributed by atoms with E-state index in [1.807, 2.05) is 17.9 Å². The Kier molecular flexibility index (Phi) is 8.37. The molecule has 23 heavy (non-hydrogen) atoms. The van der Waals surface area contributed by atoms with Gasteiger partial charge in [0.1, 0.15) is 0 Å². The van der Waals surface area contributed by atoms with Gasteiger partial charge in [0.15, 0.2) is 0 Å². The highest BCUT2D eigenvalue weighted by molar-refractivity contribution is 5.85. The minimum Gasteiger partial charge on any atom is -0.342 e. The van der Waals surface area contributed by atoms with Gasteiger partial charge < -0.3 is 10.2 Å². The van der Waals surface area contributed by atoms with Gasteiger partial charge in [0, 0.05) is 38.7 Å². The number of hydrogen-bond acceptors (Lipinski definition) is 3. The molecule has 2 aliphatic rings. The predicted octanol–water partition coefficient (Wildman–Crippen LogP) is 2.36. The zero-order valence-corrected chi connectivity index (χ0v) is 15.4. The molecule has 1 amide bonds. The molecule has 1 aromatic heterocycles. The molecule has 0 spiro atoms. The van der Waals surface area contributed by atoms with Gasteiger partial charge in [-0.25, -0.2) is 0 Å². The normalized spacial score (nSPS) is 21.6. The summed E-state index contributed by atoms with van der Waals surface area (Å²) in [7, 11) is 1.94. The van der Waals surface area contributed by atoms with Crippen LogP contribution in [0.3, 0.4) is 0 Å². The van der Waals surface area contributed by atoms with E-state index in [-0.39, 0.29) is 24.8 Å². The molecule has 0 radical (unpaired) electrons. The van der Waals surface area contributed by atoms with Gasteiger partial charge in [-0.2, -0.15) is 5.10 Å². The molecular formula is C16H28Cl2N4O. The molecule has 7 heteroatoms. The fourth-order valence-electron chi connectivity index (χ4n) is 3.57. The Morgan fingerprint density at radius 2 is 2.04 bits per heavy atom. The summed E-state index contributed by atoms with van der Waals surface area (Å²) >= 11 is 0. The fraction of sp³-hybridized carbons (Fsp3) is 0.750. The van der Waals surface area contributed by atoms with E-state index < -0.39 is 0 Å². The van der Waals surface area contributed by atoms with Crippen LogP contribution in [0.4, 0.5) is 0 Å². The van der Waals surface area contributed by atoms with Crippen molar-refractivity contribution in [3.63, 3.8) is 0 Å². The summed E-state index contributed by atoms with van der Waals surface area (Å²) < 4.78 is 1.84. The Hall–Kier alpha value is -0.780. The third-order valence-corrected chi connectivity index (χ3v) is 4.96. The van der Waals surface area contributed by atoms with Crippen molar-refractivity contribution in [2.75, 3.05) is 26.2 Å². The van der Waals surface area contributed by atoms with Crippen LogP contribution in [0.15, 0.2) is 12.4 Å². The lowest BCUT2D eigenvalue weighted by atomic mass is 9.93. The van der Waals surface area contributed by atoms with Gasteiger partial charge in [-0.05, 0) is 50.3 Å². The second-order valence-electron chi connectivity index (χ2n) is 6.50. The summed E-state index contributed by atoms with van der Waals surface area (Å²) in [5, 5.41) is 7.62. The number of aryl methyl sites for hydroxylation is 1. The molecule has 2 aliphatic heterocycles. The number of likely N-dealkylation sites (tertiary alicyclic amines) is 1. The van der Waals surface area contributed by atoms with Crippen molar-refractivity contribution < 1.29 is 4.79 Å². The van der Waals surface area contributed by atoms with Crippen LogP contribution in [0, 0.1) is 5.92 Å². The first-order chi connectivity index (χ1) is 10.2. The van der Waals surface area contributed by atoms with E-state index >= 15 is 0 Å². The monoisotopic (exact) mass is 362 g/mol. The van der Waals surface area contributed by atoms with Crippen LogP contribution in [-0.2, 0) is 11.8 Å². The molecule has 5 nitrogen and oxygen atoms in total. The van der Waals surface area contributed by atoms with Crippen LogP contribution in [0.25, 0.3) is 0 Å². The number of nitrogens with one attached hydrogen (secondary N) is 1. The van der Waals surface area contributed by atoms with E-state index in [2.05, 4.69) is 21.5 Å². The number of halogens is 2. The van der Waals surface area contributed by atoms with Crippen LogP contribution in [0.1, 0.15) is 43.6 Å². The standard InChI is InChI=1S/C16H26N4O.2ClH/c1-19-11-15(10-18-19)14-6-9-20(12-14)16(21)3-2-13-4-7-17-8-5-13;;/h10-11,13-14,17H,2-9,12H2,1H3;2*1H. The number of carbonyl (C=O) groups excluding carboxylic acids is 1. The maximum Gasteiger partial charge on any atom is 0.222 e. The molecule has 0 bridgehead atoms. The number of aromatic nitrogens is 2. The average molecular weight is 363 g/mol. The molecule has 1 N–H and O–H groups in total. The quantitative estimate of drug-likeness (QED) is 0.894. The largest absolute Gasteiger partial charge is 0.342 e. The highest BCUT2D eigenvalue weighted by Gasteiger charge is 2.28. The minimum absolute atomic E-state index is 0. The third kappa shape index (κ3) is 5.37. The zero-order valence-electron chi connectivity index (χ0n) is 13.7. The van der Waals surface area contributed by atoms with E-state index in [9.17, 15) is 4.79 Å². The number of rotatable bonds is 4. The molecule has 0 aromatic carbocycles. The summed E-state index contributed by atoms with van der Waals surface area (Å²) in [5.41, 5.74) is 1.27. The van der Waals surface area contributed by atoms with Crippen LogP contribution in [-0.4, -0.2) is 46.8 Å².